The fourth-order valence-corrected chi connectivity index (χ4v) is 3.52. The van der Waals surface area contributed by atoms with Crippen LogP contribution in [-0.4, -0.2) is 37.6 Å². The fourth-order valence-electron chi connectivity index (χ4n) is 2.97. The molecule has 1 saturated carbocycles. The molecule has 1 aliphatic rings. The Hall–Kier alpha value is -1.23. The SMILES string of the molecule is CCOc1c(Br)cc(C(=O)N(C)C2CCCCC2)cc1OC. The van der Waals surface area contributed by atoms with E-state index < -0.39 is 0 Å². The first kappa shape index (κ1) is 17.1. The molecule has 0 radical (unpaired) electrons. The Bertz CT molecular complexity index is 527. The summed E-state index contributed by atoms with van der Waals surface area (Å²) in [7, 11) is 3.48. The minimum absolute atomic E-state index is 0.0361. The Morgan fingerprint density at radius 1 is 1.32 bits per heavy atom. The van der Waals surface area contributed by atoms with Crippen molar-refractivity contribution in [2.75, 3.05) is 20.8 Å². The summed E-state index contributed by atoms with van der Waals surface area (Å²) < 4.78 is 11.7. The lowest BCUT2D eigenvalue weighted by molar-refractivity contribution is 0.0695. The Labute approximate surface area is 140 Å². The van der Waals surface area contributed by atoms with E-state index in [0.29, 0.717) is 29.7 Å². The highest BCUT2D eigenvalue weighted by atomic mass is 79.9. The average Bonchev–Trinajstić information content (AvgIpc) is 2.56. The molecule has 0 bridgehead atoms. The number of methoxy groups -OCH3 is 1. The molecule has 0 N–H and O–H groups in total. The van der Waals surface area contributed by atoms with Gasteiger partial charge in [-0.1, -0.05) is 19.3 Å². The van der Waals surface area contributed by atoms with Crippen molar-refractivity contribution in [3.63, 3.8) is 0 Å². The third-order valence-electron chi connectivity index (χ3n) is 4.21. The van der Waals surface area contributed by atoms with E-state index in [1.54, 1.807) is 13.2 Å². The molecule has 1 amide bonds. The summed E-state index contributed by atoms with van der Waals surface area (Å²) in [6.45, 7) is 2.46. The fraction of sp³-hybridized carbons (Fsp3) is 0.588. The van der Waals surface area contributed by atoms with Crippen LogP contribution in [0, 0.1) is 0 Å². The monoisotopic (exact) mass is 369 g/mol. The lowest BCUT2D eigenvalue weighted by atomic mass is 9.94. The van der Waals surface area contributed by atoms with Crippen molar-refractivity contribution in [1.82, 2.24) is 4.90 Å². The van der Waals surface area contributed by atoms with E-state index in [1.807, 2.05) is 24.9 Å². The summed E-state index contributed by atoms with van der Waals surface area (Å²) in [4.78, 5) is 14.6. The molecule has 1 aromatic carbocycles. The van der Waals surface area contributed by atoms with Gasteiger partial charge in [-0.05, 0) is 47.8 Å². The van der Waals surface area contributed by atoms with E-state index >= 15 is 0 Å². The van der Waals surface area contributed by atoms with E-state index in [1.165, 1.54) is 19.3 Å². The molecule has 2 rings (SSSR count). The first-order valence-corrected chi connectivity index (χ1v) is 8.65. The molecule has 122 valence electrons. The van der Waals surface area contributed by atoms with Gasteiger partial charge < -0.3 is 14.4 Å². The maximum Gasteiger partial charge on any atom is 0.254 e. The number of ether oxygens (including phenoxy) is 2. The van der Waals surface area contributed by atoms with Crippen LogP contribution in [0.2, 0.25) is 0 Å². The van der Waals surface area contributed by atoms with E-state index in [4.69, 9.17) is 9.47 Å². The summed E-state index contributed by atoms with van der Waals surface area (Å²) >= 11 is 3.48. The molecule has 0 aromatic heterocycles. The van der Waals surface area contributed by atoms with Gasteiger partial charge in [0.25, 0.3) is 5.91 Å². The Kier molecular flexibility index (Phi) is 6.12. The van der Waals surface area contributed by atoms with E-state index in [2.05, 4.69) is 15.9 Å². The van der Waals surface area contributed by atoms with Crippen molar-refractivity contribution in [2.24, 2.45) is 0 Å². The molecule has 4 nitrogen and oxygen atoms in total. The standard InChI is InChI=1S/C17H24BrNO3/c1-4-22-16-14(18)10-12(11-15(16)21-3)17(20)19(2)13-8-6-5-7-9-13/h10-11,13H,4-9H2,1-3H3. The largest absolute Gasteiger partial charge is 0.493 e. The minimum Gasteiger partial charge on any atom is -0.493 e. The minimum atomic E-state index is 0.0361. The van der Waals surface area contributed by atoms with Crippen LogP contribution < -0.4 is 9.47 Å². The van der Waals surface area contributed by atoms with Crippen molar-refractivity contribution in [3.05, 3.63) is 22.2 Å². The molecule has 1 aromatic rings. The number of hydrogen-bond acceptors (Lipinski definition) is 3. The number of halogens is 1. The molecule has 1 aliphatic carbocycles. The van der Waals surface area contributed by atoms with E-state index in [-0.39, 0.29) is 5.91 Å². The Balaban J connectivity index is 2.23. The average molecular weight is 370 g/mol. The van der Waals surface area contributed by atoms with Gasteiger partial charge in [-0.2, -0.15) is 0 Å². The number of rotatable bonds is 5. The third-order valence-corrected chi connectivity index (χ3v) is 4.80. The molecular weight excluding hydrogens is 346 g/mol. The molecule has 5 heteroatoms. The van der Waals surface area contributed by atoms with Gasteiger partial charge >= 0.3 is 0 Å². The van der Waals surface area contributed by atoms with Crippen LogP contribution in [0.25, 0.3) is 0 Å². The van der Waals surface area contributed by atoms with Gasteiger partial charge in [0.15, 0.2) is 11.5 Å². The predicted octanol–water partition coefficient (Wildman–Crippen LogP) is 4.26. The van der Waals surface area contributed by atoms with Gasteiger partial charge in [0.05, 0.1) is 18.2 Å². The second kappa shape index (κ2) is 7.86. The van der Waals surface area contributed by atoms with Gasteiger partial charge in [0.2, 0.25) is 0 Å². The molecule has 0 heterocycles. The summed E-state index contributed by atoms with van der Waals surface area (Å²) in [6.07, 6.45) is 5.88. The second-order valence-electron chi connectivity index (χ2n) is 5.63. The number of hydrogen-bond donors (Lipinski definition) is 0. The molecule has 0 unspecified atom stereocenters. The van der Waals surface area contributed by atoms with E-state index in [9.17, 15) is 4.79 Å². The van der Waals surface area contributed by atoms with Gasteiger partial charge in [0.1, 0.15) is 0 Å². The first-order valence-electron chi connectivity index (χ1n) is 7.86. The maximum atomic E-state index is 12.7. The van der Waals surface area contributed by atoms with Crippen LogP contribution in [0.4, 0.5) is 0 Å². The molecule has 0 atom stereocenters. The Morgan fingerprint density at radius 2 is 2.00 bits per heavy atom. The van der Waals surface area contributed by atoms with Crippen molar-refractivity contribution < 1.29 is 14.3 Å². The first-order chi connectivity index (χ1) is 10.6. The lowest BCUT2D eigenvalue weighted by Gasteiger charge is -2.31. The van der Waals surface area contributed by atoms with Gasteiger partial charge in [-0.15, -0.1) is 0 Å². The van der Waals surface area contributed by atoms with Crippen LogP contribution in [0.3, 0.4) is 0 Å². The molecule has 0 aliphatic heterocycles. The van der Waals surface area contributed by atoms with Crippen LogP contribution in [0.15, 0.2) is 16.6 Å². The molecule has 0 spiro atoms. The summed E-state index contributed by atoms with van der Waals surface area (Å²) in [5, 5.41) is 0. The molecular formula is C17H24BrNO3. The zero-order chi connectivity index (χ0) is 16.1. The van der Waals surface area contributed by atoms with Gasteiger partial charge in [-0.25, -0.2) is 0 Å². The quantitative estimate of drug-likeness (QED) is 0.777. The van der Waals surface area contributed by atoms with Crippen molar-refractivity contribution in [2.45, 2.75) is 45.1 Å². The summed E-state index contributed by atoms with van der Waals surface area (Å²) in [5.74, 6) is 1.26. The highest BCUT2D eigenvalue weighted by Crippen LogP contribution is 2.37. The zero-order valence-electron chi connectivity index (χ0n) is 13.5. The van der Waals surface area contributed by atoms with E-state index in [0.717, 1.165) is 17.3 Å². The number of carbonyl (C=O) groups is 1. The Morgan fingerprint density at radius 3 is 2.59 bits per heavy atom. The highest BCUT2D eigenvalue weighted by Gasteiger charge is 2.24. The normalized spacial score (nSPS) is 15.5. The van der Waals surface area contributed by atoms with Crippen LogP contribution in [0.1, 0.15) is 49.4 Å². The zero-order valence-corrected chi connectivity index (χ0v) is 15.1. The second-order valence-corrected chi connectivity index (χ2v) is 6.48. The number of amides is 1. The molecule has 1 fully saturated rings. The number of nitrogens with zero attached hydrogens (tertiary/aromatic N) is 1. The topological polar surface area (TPSA) is 38.8 Å². The molecule has 22 heavy (non-hydrogen) atoms. The number of carbonyl (C=O) groups excluding carboxylic acids is 1. The van der Waals surface area contributed by atoms with Crippen LogP contribution in [0.5, 0.6) is 11.5 Å². The van der Waals surface area contributed by atoms with Crippen LogP contribution >= 0.6 is 15.9 Å². The van der Waals surface area contributed by atoms with Crippen LogP contribution in [-0.2, 0) is 0 Å². The maximum absolute atomic E-state index is 12.7. The third kappa shape index (κ3) is 3.75. The van der Waals surface area contributed by atoms with Crippen molar-refractivity contribution in [1.29, 1.82) is 0 Å². The lowest BCUT2D eigenvalue weighted by Crippen LogP contribution is -2.38. The highest BCUT2D eigenvalue weighted by molar-refractivity contribution is 9.10. The summed E-state index contributed by atoms with van der Waals surface area (Å²) in [5.41, 5.74) is 0.625. The van der Waals surface area contributed by atoms with Gasteiger partial charge in [-0.3, -0.25) is 4.79 Å². The van der Waals surface area contributed by atoms with Crippen molar-refractivity contribution >= 4 is 21.8 Å². The van der Waals surface area contributed by atoms with Gasteiger partial charge in [0, 0.05) is 18.7 Å². The smallest absolute Gasteiger partial charge is 0.254 e. The summed E-state index contributed by atoms with van der Waals surface area (Å²) in [6, 6.07) is 3.92. The van der Waals surface area contributed by atoms with Crippen molar-refractivity contribution in [3.8, 4) is 11.5 Å². The molecule has 0 saturated heterocycles. The number of benzene rings is 1. The predicted molar refractivity (Wildman–Crippen MR) is 90.8 cm³/mol.